The number of ether oxygens (including phenoxy) is 8. The van der Waals surface area contributed by atoms with Gasteiger partial charge in [0.2, 0.25) is 0 Å². The van der Waals surface area contributed by atoms with Gasteiger partial charge in [0.15, 0.2) is 22.7 Å². The zero-order valence-electron chi connectivity index (χ0n) is 46.5. The third-order valence-corrected chi connectivity index (χ3v) is 13.8. The van der Waals surface area contributed by atoms with E-state index < -0.39 is 35.9 Å². The van der Waals surface area contributed by atoms with Crippen molar-refractivity contribution in [3.63, 3.8) is 0 Å². The molecule has 4 fully saturated rings. The fraction of sp³-hybridized carbons (Fsp3) is 0.321. The number of benzene rings is 1. The minimum absolute atomic E-state index is 0.00618. The van der Waals surface area contributed by atoms with E-state index in [-0.39, 0.29) is 126 Å². The monoisotopic (exact) mass is 1400 g/mol. The lowest BCUT2D eigenvalue weighted by Crippen LogP contribution is -2.50. The van der Waals surface area contributed by atoms with Gasteiger partial charge in [0.25, 0.3) is 11.1 Å². The predicted octanol–water partition coefficient (Wildman–Crippen LogP) is 3.74. The van der Waals surface area contributed by atoms with E-state index in [1.54, 1.807) is 24.5 Å². The van der Waals surface area contributed by atoms with Gasteiger partial charge >= 0.3 is 37.2 Å². The Morgan fingerprint density at radius 2 is 0.944 bits per heavy atom. The van der Waals surface area contributed by atoms with E-state index in [2.05, 4.69) is 107 Å². The minimum Gasteiger partial charge on any atom is -0.460 e. The van der Waals surface area contributed by atoms with Gasteiger partial charge in [-0.25, -0.2) is 77.2 Å². The normalized spacial score (nSPS) is 15.7. The van der Waals surface area contributed by atoms with Gasteiger partial charge in [-0.2, -0.15) is 14.6 Å². The summed E-state index contributed by atoms with van der Waals surface area (Å²) >= 11 is 7.64. The Morgan fingerprint density at radius 1 is 0.533 bits per heavy atom. The first-order valence-corrected chi connectivity index (χ1v) is 28.7. The van der Waals surface area contributed by atoms with Crippen LogP contribution in [0.4, 0.5) is 22.0 Å². The molecule has 0 bridgehead atoms. The Hall–Kier alpha value is -8.43. The molecule has 4 aliphatic rings. The molecule has 28 nitrogen and oxygen atoms in total. The quantitative estimate of drug-likeness (QED) is 0.0626. The van der Waals surface area contributed by atoms with E-state index in [1.165, 1.54) is 77.7 Å². The number of aromatic nitrogens is 16. The summed E-state index contributed by atoms with van der Waals surface area (Å²) < 4.78 is 109. The van der Waals surface area contributed by atoms with Crippen LogP contribution in [0.25, 0.3) is 33.1 Å². The average molecular weight is 1400 g/mol. The van der Waals surface area contributed by atoms with Crippen LogP contribution in [0.15, 0.2) is 135 Å². The molecule has 12 heterocycles. The summed E-state index contributed by atoms with van der Waals surface area (Å²) in [6.07, 6.45) is 13.5. The van der Waals surface area contributed by atoms with Gasteiger partial charge in [-0.15, -0.1) is 10.2 Å². The first-order valence-electron chi connectivity index (χ1n) is 26.3. The lowest BCUT2D eigenvalue weighted by Gasteiger charge is -2.32. The minimum atomic E-state index is -1.62. The first kappa shape index (κ1) is 66.0. The van der Waals surface area contributed by atoms with Crippen molar-refractivity contribution in [2.75, 3.05) is 79.3 Å². The van der Waals surface area contributed by atoms with Crippen molar-refractivity contribution in [2.45, 2.75) is 29.2 Å². The zero-order chi connectivity index (χ0) is 63.6. The van der Waals surface area contributed by atoms with Crippen LogP contribution in [0.2, 0.25) is 0 Å². The van der Waals surface area contributed by atoms with Crippen LogP contribution in [-0.2, 0) is 25.5 Å². The summed E-state index contributed by atoms with van der Waals surface area (Å²) in [5.41, 5.74) is -2.92. The van der Waals surface area contributed by atoms with Crippen LogP contribution in [0.1, 0.15) is 5.01 Å². The van der Waals surface area contributed by atoms with Gasteiger partial charge in [0.1, 0.15) is 36.4 Å². The van der Waals surface area contributed by atoms with Gasteiger partial charge in [0.05, 0.1) is 79.7 Å². The summed E-state index contributed by atoms with van der Waals surface area (Å²) in [5.74, 6) is 0. The maximum Gasteiger partial charge on any atom is 0.491 e. The van der Waals surface area contributed by atoms with Crippen LogP contribution >= 0.6 is 43.2 Å². The molecule has 0 saturated carbocycles. The Morgan fingerprint density at radius 3 is 1.34 bits per heavy atom. The number of H-pyrrole nitrogens is 1. The van der Waals surface area contributed by atoms with Gasteiger partial charge in [-0.1, -0.05) is 41.7 Å². The summed E-state index contributed by atoms with van der Waals surface area (Å²) in [7, 11) is -1.62. The predicted molar refractivity (Wildman–Crippen MR) is 312 cm³/mol. The highest BCUT2D eigenvalue weighted by molar-refractivity contribution is 9.10. The number of hydrogen-bond donors (Lipinski definition) is 3. The second-order valence-electron chi connectivity index (χ2n) is 19.7. The molecule has 0 atom stereocenters. The maximum atomic E-state index is 13.9. The molecule has 1 aromatic carbocycles. The standard InChI is InChI=1S/C21H17FN6O3S.C12H11FN4O3.C8H10BFN2O4.C8H8BrFN2O2.C4H2BrFN2/c22-21(11-30-12-21)13-31-20-23-8-15(9-24-20)16-6-7-18(29)28(27-16)10-17-25-26-19(32-17)14-4-2-1-3-5-14;13-12(5-19-6-12)7-20-11-14-3-8(4-15-11)9-1-2-10(18)17-16-9;10-8(3-15-4-8)5-16-7-11-1-6(2-12-7)9(13)14;9-6-1-11-7(12-2-6)14-5-8(10)3-13-4-8;5-3-1-7-4(6)8-2-3/h1-9H,10-13H2;1-4H,5-7H2,(H,17,18);1-2,13-14H,3-5H2;1-2H,3-5H2;1-2H. The second-order valence-corrected chi connectivity index (χ2v) is 22.5. The number of nitrogens with zero attached hydrogens (tertiary/aromatic N) is 15. The van der Waals surface area contributed by atoms with Gasteiger partial charge in [0, 0.05) is 96.3 Å². The van der Waals surface area contributed by atoms with E-state index in [0.29, 0.717) is 32.0 Å². The molecule has 0 spiro atoms. The van der Waals surface area contributed by atoms with Crippen LogP contribution < -0.4 is 35.5 Å². The average Bonchev–Trinajstić information content (AvgIpc) is 2.77. The zero-order valence-corrected chi connectivity index (χ0v) is 50.5. The fourth-order valence-electron chi connectivity index (χ4n) is 7.02. The molecule has 0 radical (unpaired) electrons. The number of aromatic amines is 1. The van der Waals surface area contributed by atoms with Gasteiger partial charge in [-0.3, -0.25) is 9.59 Å². The van der Waals surface area contributed by atoms with Crippen LogP contribution in [0.5, 0.6) is 24.0 Å². The van der Waals surface area contributed by atoms with Crippen molar-refractivity contribution < 1.29 is 69.9 Å². The first-order chi connectivity index (χ1) is 43.3. The fourth-order valence-corrected chi connectivity index (χ4v) is 8.26. The van der Waals surface area contributed by atoms with Crippen molar-refractivity contribution in [3.05, 3.63) is 157 Å². The smallest absolute Gasteiger partial charge is 0.460 e. The molecule has 470 valence electrons. The molecule has 4 saturated heterocycles. The molecule has 0 aliphatic carbocycles. The largest absolute Gasteiger partial charge is 0.491 e. The summed E-state index contributed by atoms with van der Waals surface area (Å²) in [4.78, 5) is 61.0. The summed E-state index contributed by atoms with van der Waals surface area (Å²) in [6.45, 7) is -0.0448. The number of alkyl halides is 4. The third-order valence-electron chi connectivity index (χ3n) is 12.0. The summed E-state index contributed by atoms with van der Waals surface area (Å²) in [6, 6.07) is 16.0. The van der Waals surface area contributed by atoms with Crippen LogP contribution in [-0.4, -0.2) is 199 Å². The van der Waals surface area contributed by atoms with E-state index in [0.717, 1.165) is 15.0 Å². The molecule has 8 aromatic heterocycles. The van der Waals surface area contributed by atoms with Crippen molar-refractivity contribution >= 4 is 55.8 Å². The van der Waals surface area contributed by atoms with Gasteiger partial charge < -0.3 is 47.9 Å². The van der Waals surface area contributed by atoms with Crippen molar-refractivity contribution in [1.82, 2.24) is 80.0 Å². The summed E-state index contributed by atoms with van der Waals surface area (Å²) in [5, 5.41) is 38.0. The molecule has 0 amide bonds. The molecule has 3 N–H and O–H groups in total. The Labute approximate surface area is 526 Å². The van der Waals surface area contributed by atoms with E-state index in [9.17, 15) is 31.5 Å². The van der Waals surface area contributed by atoms with Gasteiger partial charge in [-0.05, 0) is 44.0 Å². The van der Waals surface area contributed by atoms with E-state index in [4.69, 9.17) is 47.9 Å². The SMILES string of the molecule is FC1(COc2ncc(Br)cn2)COC1.Fc1ncc(Br)cn1.O=c1ccc(-c2cnc(OCC3(F)COC3)nc2)n[nH]1.O=c1ccc(-c2cnc(OCC3(F)COC3)nc2)nn1Cc1nnc(-c2ccccc2)s1.OB(O)c1cnc(OCC2(F)COC2)nc1. The van der Waals surface area contributed by atoms with E-state index >= 15 is 0 Å². The number of halogens is 7. The highest BCUT2D eigenvalue weighted by Crippen LogP contribution is 2.27. The van der Waals surface area contributed by atoms with Crippen molar-refractivity contribution in [3.8, 4) is 57.1 Å². The molecule has 90 heavy (non-hydrogen) atoms. The third kappa shape index (κ3) is 19.8. The van der Waals surface area contributed by atoms with Crippen molar-refractivity contribution in [1.29, 1.82) is 0 Å². The highest BCUT2D eigenvalue weighted by atomic mass is 79.9. The number of hydrogen-bond acceptors (Lipinski definition) is 27. The molecular weight excluding hydrogens is 1350 g/mol. The topological polar surface area (TPSA) is 350 Å². The lowest BCUT2D eigenvalue weighted by atomic mass is 9.83. The van der Waals surface area contributed by atoms with E-state index in [1.807, 2.05) is 30.3 Å². The molecule has 37 heteroatoms. The molecular formula is C53H48BBr2F5N16O12S. The lowest BCUT2D eigenvalue weighted by molar-refractivity contribution is -0.147. The Kier molecular flexibility index (Phi) is 22.6. The Balaban J connectivity index is 0.000000143. The maximum absolute atomic E-state index is 13.9. The van der Waals surface area contributed by atoms with Crippen molar-refractivity contribution in [2.24, 2.45) is 0 Å². The number of nitrogens with one attached hydrogen (secondary N) is 1. The molecule has 4 aliphatic heterocycles. The molecule has 13 rings (SSSR count). The molecule has 0 unspecified atom stereocenters. The highest BCUT2D eigenvalue weighted by Gasteiger charge is 2.42. The molecule has 9 aromatic rings. The Bertz CT molecular complexity index is 3800. The second kappa shape index (κ2) is 30.9. The van der Waals surface area contributed by atoms with Crippen LogP contribution in [0.3, 0.4) is 0 Å². The van der Waals surface area contributed by atoms with Crippen LogP contribution in [0, 0.1) is 6.08 Å². The number of rotatable bonds is 18.